The van der Waals surface area contributed by atoms with E-state index in [1.54, 1.807) is 48.5 Å². The maximum absolute atomic E-state index is 13.6. The monoisotopic (exact) mass is 278 g/mol. The van der Waals surface area contributed by atoms with Gasteiger partial charge in [0.2, 0.25) is 5.60 Å². The van der Waals surface area contributed by atoms with Crippen LogP contribution in [-0.4, -0.2) is 6.18 Å². The van der Waals surface area contributed by atoms with Gasteiger partial charge in [-0.1, -0.05) is 60.7 Å². The van der Waals surface area contributed by atoms with E-state index in [1.807, 2.05) is 0 Å². The Morgan fingerprint density at radius 1 is 0.800 bits per heavy atom. The number of hydrogen-bond acceptors (Lipinski definition) is 1. The van der Waals surface area contributed by atoms with Crippen molar-refractivity contribution in [3.8, 4) is 0 Å². The molecule has 0 saturated carbocycles. The maximum Gasteiger partial charge on any atom is 0.424 e. The SMILES string of the molecule is C[C@]1(c2ccccc2)O[C@@]1(c1ccccc1)C(F)(F)F. The second-order valence-corrected chi connectivity index (χ2v) is 5.05. The van der Waals surface area contributed by atoms with E-state index in [-0.39, 0.29) is 5.56 Å². The molecule has 0 unspecified atom stereocenters. The van der Waals surface area contributed by atoms with Crippen LogP contribution >= 0.6 is 0 Å². The van der Waals surface area contributed by atoms with Crippen LogP contribution < -0.4 is 0 Å². The normalized spacial score (nSPS) is 29.2. The molecule has 4 heteroatoms. The lowest BCUT2D eigenvalue weighted by Gasteiger charge is -2.21. The summed E-state index contributed by atoms with van der Waals surface area (Å²) in [5.41, 5.74) is -2.98. The van der Waals surface area contributed by atoms with Gasteiger partial charge in [-0.15, -0.1) is 0 Å². The Balaban J connectivity index is 2.14. The highest BCUT2D eigenvalue weighted by Crippen LogP contribution is 2.68. The summed E-state index contributed by atoms with van der Waals surface area (Å²) in [6.45, 7) is 1.49. The van der Waals surface area contributed by atoms with Crippen molar-refractivity contribution >= 4 is 0 Å². The predicted octanol–water partition coefficient (Wildman–Crippen LogP) is 4.39. The van der Waals surface area contributed by atoms with Gasteiger partial charge in [0.15, 0.2) is 0 Å². The molecule has 0 radical (unpaired) electrons. The third-order valence-corrected chi connectivity index (χ3v) is 3.89. The second-order valence-electron chi connectivity index (χ2n) is 5.05. The summed E-state index contributed by atoms with van der Waals surface area (Å²) >= 11 is 0. The van der Waals surface area contributed by atoms with E-state index in [0.717, 1.165) is 0 Å². The summed E-state index contributed by atoms with van der Waals surface area (Å²) in [5, 5.41) is 0. The lowest BCUT2D eigenvalue weighted by Crippen LogP contribution is -2.35. The fourth-order valence-corrected chi connectivity index (χ4v) is 2.80. The molecule has 1 heterocycles. The summed E-state index contributed by atoms with van der Waals surface area (Å²) < 4.78 is 46.2. The lowest BCUT2D eigenvalue weighted by atomic mass is 9.82. The van der Waals surface area contributed by atoms with Gasteiger partial charge in [0.25, 0.3) is 0 Å². The first-order valence-corrected chi connectivity index (χ1v) is 6.30. The average molecular weight is 278 g/mol. The summed E-state index contributed by atoms with van der Waals surface area (Å²) in [6.07, 6.45) is -4.47. The summed E-state index contributed by atoms with van der Waals surface area (Å²) in [6, 6.07) is 16.3. The molecule has 0 bridgehead atoms. The molecule has 1 nitrogen and oxygen atoms in total. The molecule has 0 N–H and O–H groups in total. The van der Waals surface area contributed by atoms with Crippen LogP contribution in [0.15, 0.2) is 60.7 Å². The molecule has 2 atom stereocenters. The fraction of sp³-hybridized carbons (Fsp3) is 0.250. The van der Waals surface area contributed by atoms with Gasteiger partial charge in [-0.2, -0.15) is 13.2 Å². The molecule has 1 fully saturated rings. The van der Waals surface area contributed by atoms with Gasteiger partial charge in [-0.05, 0) is 18.1 Å². The van der Waals surface area contributed by atoms with Crippen molar-refractivity contribution in [2.24, 2.45) is 0 Å². The standard InChI is InChI=1S/C16H13F3O/c1-14(12-8-4-2-5-9-12)15(20-14,16(17,18)19)13-10-6-3-7-11-13/h2-11H,1H3/t14-,15-/m1/s1. The highest BCUT2D eigenvalue weighted by atomic mass is 19.4. The number of ether oxygens (including phenoxy) is 1. The molecule has 20 heavy (non-hydrogen) atoms. The Bertz CT molecular complexity index is 609. The zero-order chi connectivity index (χ0) is 14.4. The Morgan fingerprint density at radius 3 is 1.70 bits per heavy atom. The van der Waals surface area contributed by atoms with E-state index in [2.05, 4.69) is 0 Å². The minimum atomic E-state index is -4.47. The van der Waals surface area contributed by atoms with Gasteiger partial charge in [0.1, 0.15) is 5.60 Å². The highest BCUT2D eigenvalue weighted by Gasteiger charge is 2.81. The van der Waals surface area contributed by atoms with Gasteiger partial charge in [-0.3, -0.25) is 0 Å². The van der Waals surface area contributed by atoms with Gasteiger partial charge < -0.3 is 4.74 Å². The van der Waals surface area contributed by atoms with Gasteiger partial charge in [0.05, 0.1) is 0 Å². The van der Waals surface area contributed by atoms with Crippen molar-refractivity contribution in [3.63, 3.8) is 0 Å². The molecule has 0 aliphatic carbocycles. The molecule has 0 spiro atoms. The summed E-state index contributed by atoms with van der Waals surface area (Å²) in [4.78, 5) is 0. The predicted molar refractivity (Wildman–Crippen MR) is 69.1 cm³/mol. The van der Waals surface area contributed by atoms with E-state index >= 15 is 0 Å². The number of epoxide rings is 1. The van der Waals surface area contributed by atoms with E-state index in [9.17, 15) is 13.2 Å². The molecule has 0 aromatic heterocycles. The first-order valence-electron chi connectivity index (χ1n) is 6.30. The van der Waals surface area contributed by atoms with Crippen molar-refractivity contribution < 1.29 is 17.9 Å². The van der Waals surface area contributed by atoms with E-state index in [4.69, 9.17) is 4.74 Å². The molecule has 3 rings (SSSR count). The zero-order valence-corrected chi connectivity index (χ0v) is 10.8. The van der Waals surface area contributed by atoms with Crippen LogP contribution in [0.1, 0.15) is 18.1 Å². The van der Waals surface area contributed by atoms with Crippen LogP contribution in [0.4, 0.5) is 13.2 Å². The molecule has 1 saturated heterocycles. The van der Waals surface area contributed by atoms with Crippen molar-refractivity contribution in [3.05, 3.63) is 71.8 Å². The summed E-state index contributed by atoms with van der Waals surface area (Å²) in [5.74, 6) is 0. The minimum absolute atomic E-state index is 0.138. The smallest absolute Gasteiger partial charge is 0.343 e. The first-order chi connectivity index (χ1) is 9.42. The van der Waals surface area contributed by atoms with E-state index < -0.39 is 17.4 Å². The largest absolute Gasteiger partial charge is 0.424 e. The zero-order valence-electron chi connectivity index (χ0n) is 10.8. The van der Waals surface area contributed by atoms with Gasteiger partial charge in [0, 0.05) is 0 Å². The molecular weight excluding hydrogens is 265 g/mol. The van der Waals surface area contributed by atoms with Crippen molar-refractivity contribution in [2.45, 2.75) is 24.3 Å². The Morgan fingerprint density at radius 2 is 1.25 bits per heavy atom. The number of rotatable bonds is 2. The quantitative estimate of drug-likeness (QED) is 0.742. The highest BCUT2D eigenvalue weighted by molar-refractivity contribution is 5.42. The molecule has 1 aliphatic rings. The van der Waals surface area contributed by atoms with Crippen LogP contribution in [0.2, 0.25) is 0 Å². The molecule has 0 amide bonds. The summed E-state index contributed by atoms with van der Waals surface area (Å²) in [7, 11) is 0. The second kappa shape index (κ2) is 4.09. The van der Waals surface area contributed by atoms with E-state index in [0.29, 0.717) is 5.56 Å². The number of alkyl halides is 3. The Kier molecular flexibility index (Phi) is 2.70. The van der Waals surface area contributed by atoms with Crippen LogP contribution in [0.25, 0.3) is 0 Å². The van der Waals surface area contributed by atoms with Crippen LogP contribution in [-0.2, 0) is 15.9 Å². The Hall–Kier alpha value is -1.81. The average Bonchev–Trinajstić information content (AvgIpc) is 3.10. The number of hydrogen-bond donors (Lipinski definition) is 0. The van der Waals surface area contributed by atoms with E-state index in [1.165, 1.54) is 19.1 Å². The number of halogens is 3. The first kappa shape index (κ1) is 13.2. The van der Waals surface area contributed by atoms with Crippen LogP contribution in [0.3, 0.4) is 0 Å². The van der Waals surface area contributed by atoms with Crippen LogP contribution in [0, 0.1) is 0 Å². The lowest BCUT2D eigenvalue weighted by molar-refractivity contribution is -0.188. The molecule has 104 valence electrons. The third-order valence-electron chi connectivity index (χ3n) is 3.89. The maximum atomic E-state index is 13.6. The third kappa shape index (κ3) is 1.61. The molecule has 2 aromatic carbocycles. The van der Waals surface area contributed by atoms with Crippen molar-refractivity contribution in [2.75, 3.05) is 0 Å². The Labute approximate surface area is 115 Å². The minimum Gasteiger partial charge on any atom is -0.343 e. The van der Waals surface area contributed by atoms with Crippen LogP contribution in [0.5, 0.6) is 0 Å². The van der Waals surface area contributed by atoms with Gasteiger partial charge in [-0.25, -0.2) is 0 Å². The molecular formula is C16H13F3O. The molecule has 1 aliphatic heterocycles. The number of benzene rings is 2. The fourth-order valence-electron chi connectivity index (χ4n) is 2.80. The van der Waals surface area contributed by atoms with Crippen molar-refractivity contribution in [1.82, 2.24) is 0 Å². The van der Waals surface area contributed by atoms with Gasteiger partial charge >= 0.3 is 6.18 Å². The topological polar surface area (TPSA) is 12.5 Å². The van der Waals surface area contributed by atoms with Crippen molar-refractivity contribution in [1.29, 1.82) is 0 Å². The molecule has 2 aromatic rings.